The highest BCUT2D eigenvalue weighted by Crippen LogP contribution is 2.28. The monoisotopic (exact) mass is 594 g/mol. The van der Waals surface area contributed by atoms with Crippen LogP contribution in [0.5, 0.6) is 0 Å². The first-order valence-electron chi connectivity index (χ1n) is 12.6. The van der Waals surface area contributed by atoms with Crippen molar-refractivity contribution in [3.8, 4) is 22.4 Å². The van der Waals surface area contributed by atoms with Crippen LogP contribution in [0.3, 0.4) is 0 Å². The standard InChI is InChI=1S/C30H22N6O4S2/c37-41(38,26-7-3-1-4-8-26)35-24-13-22(16-31-18-24)21-11-12-28-29(15-21)34-30(20-33-28)23-14-25(19-32-17-23)36-42(39,40)27-9-5-2-6-10-27/h1-20,35-36H. The molecule has 0 spiro atoms. The number of hydrogen-bond donors (Lipinski definition) is 2. The van der Waals surface area contributed by atoms with E-state index in [2.05, 4.69) is 24.4 Å². The third-order valence-corrected chi connectivity index (χ3v) is 9.05. The van der Waals surface area contributed by atoms with Gasteiger partial charge in [0.1, 0.15) is 0 Å². The van der Waals surface area contributed by atoms with Crippen LogP contribution in [0.4, 0.5) is 11.4 Å². The van der Waals surface area contributed by atoms with Gasteiger partial charge in [0.15, 0.2) is 0 Å². The highest BCUT2D eigenvalue weighted by Gasteiger charge is 2.16. The Labute approximate surface area is 242 Å². The number of aromatic nitrogens is 4. The van der Waals surface area contributed by atoms with Gasteiger partial charge in [0.25, 0.3) is 20.0 Å². The molecule has 3 aromatic carbocycles. The Morgan fingerprint density at radius 3 is 1.64 bits per heavy atom. The summed E-state index contributed by atoms with van der Waals surface area (Å²) in [7, 11) is -7.56. The van der Waals surface area contributed by atoms with Crippen molar-refractivity contribution in [3.05, 3.63) is 122 Å². The van der Waals surface area contributed by atoms with Gasteiger partial charge in [-0.2, -0.15) is 0 Å². The van der Waals surface area contributed by atoms with Crippen LogP contribution < -0.4 is 9.44 Å². The van der Waals surface area contributed by atoms with Crippen LogP contribution in [0.2, 0.25) is 0 Å². The maximum atomic E-state index is 12.8. The first kappa shape index (κ1) is 27.0. The van der Waals surface area contributed by atoms with E-state index in [0.717, 1.165) is 5.56 Å². The fourth-order valence-electron chi connectivity index (χ4n) is 4.25. The van der Waals surface area contributed by atoms with E-state index in [-0.39, 0.29) is 15.5 Å². The quantitative estimate of drug-likeness (QED) is 0.240. The minimum Gasteiger partial charge on any atom is -0.278 e. The summed E-state index contributed by atoms with van der Waals surface area (Å²) in [5.74, 6) is 0. The maximum Gasteiger partial charge on any atom is 0.261 e. The van der Waals surface area contributed by atoms with E-state index in [1.54, 1.807) is 67.1 Å². The number of anilines is 2. The van der Waals surface area contributed by atoms with Crippen LogP contribution in [0.15, 0.2) is 132 Å². The zero-order valence-corrected chi connectivity index (χ0v) is 23.4. The van der Waals surface area contributed by atoms with Crippen LogP contribution in [-0.4, -0.2) is 36.8 Å². The first-order valence-corrected chi connectivity index (χ1v) is 15.6. The zero-order chi connectivity index (χ0) is 29.2. The Balaban J connectivity index is 1.28. The molecular weight excluding hydrogens is 573 g/mol. The van der Waals surface area contributed by atoms with Gasteiger partial charge in [-0.1, -0.05) is 42.5 Å². The molecule has 0 saturated heterocycles. The molecule has 0 radical (unpaired) electrons. The summed E-state index contributed by atoms with van der Waals surface area (Å²) in [6, 6.07) is 25.0. The molecule has 3 heterocycles. The van der Waals surface area contributed by atoms with E-state index in [9.17, 15) is 16.8 Å². The average Bonchev–Trinajstić information content (AvgIpc) is 3.01. The van der Waals surface area contributed by atoms with E-state index >= 15 is 0 Å². The van der Waals surface area contributed by atoms with Gasteiger partial charge in [-0.05, 0) is 54.1 Å². The fourth-order valence-corrected chi connectivity index (χ4v) is 6.36. The molecule has 0 amide bonds. The number of hydrogen-bond acceptors (Lipinski definition) is 8. The second kappa shape index (κ2) is 11.0. The summed E-state index contributed by atoms with van der Waals surface area (Å²) in [6.45, 7) is 0. The van der Waals surface area contributed by atoms with Crippen molar-refractivity contribution in [2.45, 2.75) is 9.79 Å². The van der Waals surface area contributed by atoms with Gasteiger partial charge in [-0.3, -0.25) is 24.4 Å². The summed E-state index contributed by atoms with van der Waals surface area (Å²) in [4.78, 5) is 17.9. The number of sulfonamides is 2. The first-order chi connectivity index (χ1) is 20.3. The average molecular weight is 595 g/mol. The van der Waals surface area contributed by atoms with Crippen LogP contribution in [0.1, 0.15) is 0 Å². The van der Waals surface area contributed by atoms with Gasteiger partial charge in [0, 0.05) is 23.5 Å². The molecule has 0 bridgehead atoms. The van der Waals surface area contributed by atoms with Gasteiger partial charge in [-0.25, -0.2) is 21.8 Å². The Kier molecular flexibility index (Phi) is 7.07. The molecule has 3 aromatic heterocycles. The van der Waals surface area contributed by atoms with Crippen molar-refractivity contribution in [1.82, 2.24) is 19.9 Å². The topological polar surface area (TPSA) is 144 Å². The number of nitrogens with one attached hydrogen (secondary N) is 2. The van der Waals surface area contributed by atoms with Crippen molar-refractivity contribution in [1.29, 1.82) is 0 Å². The minimum absolute atomic E-state index is 0.139. The van der Waals surface area contributed by atoms with E-state index in [1.165, 1.54) is 36.7 Å². The number of fused-ring (bicyclic) bond motifs is 1. The van der Waals surface area contributed by atoms with Gasteiger partial charge in [-0.15, -0.1) is 0 Å². The zero-order valence-electron chi connectivity index (χ0n) is 21.8. The summed E-state index contributed by atoms with van der Waals surface area (Å²) in [5, 5.41) is 0. The smallest absolute Gasteiger partial charge is 0.261 e. The highest BCUT2D eigenvalue weighted by atomic mass is 32.2. The molecule has 42 heavy (non-hydrogen) atoms. The number of rotatable bonds is 8. The Hall–Kier alpha value is -5.20. The molecule has 0 unspecified atom stereocenters. The largest absolute Gasteiger partial charge is 0.278 e. The molecular formula is C30H22N6O4S2. The second-order valence-corrected chi connectivity index (χ2v) is 12.6. The summed E-state index contributed by atoms with van der Waals surface area (Å²) >= 11 is 0. The van der Waals surface area contributed by atoms with Crippen LogP contribution in [-0.2, 0) is 20.0 Å². The number of benzene rings is 3. The molecule has 6 aromatic rings. The molecule has 0 fully saturated rings. The molecule has 12 heteroatoms. The van der Waals surface area contributed by atoms with Crippen molar-refractivity contribution in [2.24, 2.45) is 0 Å². The lowest BCUT2D eigenvalue weighted by molar-refractivity contribution is 0.599. The van der Waals surface area contributed by atoms with Crippen LogP contribution in [0.25, 0.3) is 33.4 Å². The van der Waals surface area contributed by atoms with Crippen molar-refractivity contribution in [3.63, 3.8) is 0 Å². The summed E-state index contributed by atoms with van der Waals surface area (Å²) in [6.07, 6.45) is 7.66. The van der Waals surface area contributed by atoms with Crippen molar-refractivity contribution >= 4 is 42.5 Å². The lowest BCUT2D eigenvalue weighted by Crippen LogP contribution is -2.13. The molecule has 0 aliphatic carbocycles. The SMILES string of the molecule is O=S(=O)(Nc1cncc(-c2ccc3ncc(-c4cncc(NS(=O)(=O)c5ccccc5)c4)nc3c2)c1)c1ccccc1. The second-order valence-electron chi connectivity index (χ2n) is 9.22. The van der Waals surface area contributed by atoms with Gasteiger partial charge >= 0.3 is 0 Å². The van der Waals surface area contributed by atoms with Crippen molar-refractivity contribution in [2.75, 3.05) is 9.44 Å². The number of nitrogens with zero attached hydrogens (tertiary/aromatic N) is 4. The molecule has 6 rings (SSSR count). The van der Waals surface area contributed by atoms with E-state index in [1.807, 2.05) is 18.2 Å². The normalized spacial score (nSPS) is 11.7. The summed E-state index contributed by atoms with van der Waals surface area (Å²) < 4.78 is 56.2. The molecule has 0 aliphatic rings. The molecule has 0 saturated carbocycles. The molecule has 2 N–H and O–H groups in total. The Bertz CT molecular complexity index is 1980. The van der Waals surface area contributed by atoms with Crippen molar-refractivity contribution < 1.29 is 16.8 Å². The van der Waals surface area contributed by atoms with Crippen LogP contribution in [0, 0.1) is 0 Å². The predicted octanol–water partition coefficient (Wildman–Crippen LogP) is 5.36. The highest BCUT2D eigenvalue weighted by molar-refractivity contribution is 7.93. The lowest BCUT2D eigenvalue weighted by Gasteiger charge is -2.10. The van der Waals surface area contributed by atoms with Gasteiger partial charge in [0.2, 0.25) is 0 Å². The van der Waals surface area contributed by atoms with Crippen LogP contribution >= 0.6 is 0 Å². The van der Waals surface area contributed by atoms with E-state index in [0.29, 0.717) is 33.5 Å². The predicted molar refractivity (Wildman–Crippen MR) is 161 cm³/mol. The number of pyridine rings is 2. The van der Waals surface area contributed by atoms with E-state index < -0.39 is 20.0 Å². The third kappa shape index (κ3) is 5.80. The maximum absolute atomic E-state index is 12.8. The van der Waals surface area contributed by atoms with Gasteiger partial charge < -0.3 is 0 Å². The van der Waals surface area contributed by atoms with Gasteiger partial charge in [0.05, 0.1) is 56.5 Å². The molecule has 0 aliphatic heterocycles. The summed E-state index contributed by atoms with van der Waals surface area (Å²) in [5.41, 5.74) is 4.32. The fraction of sp³-hybridized carbons (Fsp3) is 0. The Morgan fingerprint density at radius 1 is 0.500 bits per heavy atom. The minimum atomic E-state index is -3.79. The lowest BCUT2D eigenvalue weighted by atomic mass is 10.1. The van der Waals surface area contributed by atoms with E-state index in [4.69, 9.17) is 4.98 Å². The Morgan fingerprint density at radius 2 is 1.05 bits per heavy atom. The molecule has 0 atom stereocenters. The third-order valence-electron chi connectivity index (χ3n) is 6.26. The molecule has 10 nitrogen and oxygen atoms in total. The molecule has 208 valence electrons.